The van der Waals surface area contributed by atoms with Crippen LogP contribution in [0.2, 0.25) is 0 Å². The topological polar surface area (TPSA) is 0 Å². The molecule has 134 valence electrons. The van der Waals surface area contributed by atoms with Gasteiger partial charge in [0.15, 0.2) is 0 Å². The molecule has 22 heavy (non-hydrogen) atoms. The highest BCUT2D eigenvalue weighted by molar-refractivity contribution is 4.75. The average Bonchev–Trinajstić information content (AvgIpc) is 2.54. The van der Waals surface area contributed by atoms with E-state index in [1.165, 1.54) is 64.2 Å². The van der Waals surface area contributed by atoms with E-state index >= 15 is 0 Å². The highest BCUT2D eigenvalue weighted by Gasteiger charge is 2.23. The van der Waals surface area contributed by atoms with Crippen molar-refractivity contribution in [1.29, 1.82) is 0 Å². The number of rotatable bonds is 14. The molecule has 0 rings (SSSR count). The van der Waals surface area contributed by atoms with E-state index in [0.717, 1.165) is 29.6 Å². The Labute approximate surface area is 142 Å². The molecule has 5 unspecified atom stereocenters. The Kier molecular flexibility index (Phi) is 13.4. The molecule has 0 radical (unpaired) electrons. The largest absolute Gasteiger partial charge is 0.0654 e. The van der Waals surface area contributed by atoms with Crippen molar-refractivity contribution >= 4 is 0 Å². The van der Waals surface area contributed by atoms with Gasteiger partial charge < -0.3 is 0 Å². The fourth-order valence-corrected chi connectivity index (χ4v) is 4.22. The van der Waals surface area contributed by atoms with E-state index in [9.17, 15) is 0 Å². The van der Waals surface area contributed by atoms with Gasteiger partial charge in [0.05, 0.1) is 0 Å². The Bertz CT molecular complexity index is 232. The molecular formula is C22H46. The van der Waals surface area contributed by atoms with Gasteiger partial charge in [0.1, 0.15) is 0 Å². The van der Waals surface area contributed by atoms with Crippen molar-refractivity contribution in [3.63, 3.8) is 0 Å². The molecule has 0 heterocycles. The second-order valence-corrected chi connectivity index (χ2v) is 7.98. The summed E-state index contributed by atoms with van der Waals surface area (Å²) >= 11 is 0. The highest BCUT2D eigenvalue weighted by atomic mass is 14.3. The molecule has 0 amide bonds. The molecule has 0 heteroatoms. The first-order chi connectivity index (χ1) is 10.5. The van der Waals surface area contributed by atoms with Gasteiger partial charge in [-0.2, -0.15) is 0 Å². The van der Waals surface area contributed by atoms with Gasteiger partial charge in [-0.15, -0.1) is 0 Å². The zero-order chi connectivity index (χ0) is 17.0. The van der Waals surface area contributed by atoms with Gasteiger partial charge in [-0.25, -0.2) is 0 Å². The van der Waals surface area contributed by atoms with Crippen molar-refractivity contribution in [2.75, 3.05) is 0 Å². The molecule has 0 fully saturated rings. The lowest BCUT2D eigenvalue weighted by Gasteiger charge is -2.31. The van der Waals surface area contributed by atoms with Crippen molar-refractivity contribution in [3.8, 4) is 0 Å². The summed E-state index contributed by atoms with van der Waals surface area (Å²) in [6.45, 7) is 16.8. The smallest absolute Gasteiger partial charge is 0.0383 e. The second kappa shape index (κ2) is 13.4. The zero-order valence-electron chi connectivity index (χ0n) is 17.0. The molecule has 0 aliphatic heterocycles. The first-order valence-electron chi connectivity index (χ1n) is 10.5. The van der Waals surface area contributed by atoms with Crippen LogP contribution < -0.4 is 0 Å². The minimum atomic E-state index is 0.907. The monoisotopic (exact) mass is 310 g/mol. The molecule has 0 spiro atoms. The molecule has 0 saturated heterocycles. The standard InChI is InChI=1S/C22H46/c1-8-13-20(12-5)22(17-18(6)10-3)16-15-21(14-9-2)19(7)11-4/h18-22H,8-17H2,1-7H3. The third-order valence-corrected chi connectivity index (χ3v) is 6.27. The van der Waals surface area contributed by atoms with Gasteiger partial charge in [-0.1, -0.05) is 93.4 Å². The minimum Gasteiger partial charge on any atom is -0.0654 e. The number of hydrogen-bond acceptors (Lipinski definition) is 0. The molecule has 0 bridgehead atoms. The van der Waals surface area contributed by atoms with Crippen molar-refractivity contribution < 1.29 is 0 Å². The predicted molar refractivity (Wildman–Crippen MR) is 103 cm³/mol. The molecule has 0 aliphatic rings. The second-order valence-electron chi connectivity index (χ2n) is 7.98. The van der Waals surface area contributed by atoms with E-state index in [4.69, 9.17) is 0 Å². The molecule has 0 aromatic carbocycles. The summed E-state index contributed by atoms with van der Waals surface area (Å²) in [5.41, 5.74) is 0. The van der Waals surface area contributed by atoms with Crippen LogP contribution in [0.5, 0.6) is 0 Å². The Balaban J connectivity index is 4.71. The summed E-state index contributed by atoms with van der Waals surface area (Å²) in [5.74, 6) is 4.73. The summed E-state index contributed by atoms with van der Waals surface area (Å²) in [7, 11) is 0. The van der Waals surface area contributed by atoms with Crippen LogP contribution in [-0.4, -0.2) is 0 Å². The molecule has 0 N–H and O–H groups in total. The van der Waals surface area contributed by atoms with Gasteiger partial charge in [0.25, 0.3) is 0 Å². The normalized spacial score (nSPS) is 18.7. The van der Waals surface area contributed by atoms with Gasteiger partial charge in [0, 0.05) is 0 Å². The summed E-state index contributed by atoms with van der Waals surface area (Å²) in [6.07, 6.45) is 14.1. The van der Waals surface area contributed by atoms with Crippen LogP contribution in [0.25, 0.3) is 0 Å². The summed E-state index contributed by atoms with van der Waals surface area (Å²) in [5, 5.41) is 0. The molecule has 0 nitrogen and oxygen atoms in total. The van der Waals surface area contributed by atoms with Crippen LogP contribution in [0.4, 0.5) is 0 Å². The van der Waals surface area contributed by atoms with Crippen LogP contribution in [0.3, 0.4) is 0 Å². The predicted octanol–water partition coefficient (Wildman–Crippen LogP) is 8.11. The van der Waals surface area contributed by atoms with Crippen LogP contribution >= 0.6 is 0 Å². The lowest BCUT2D eigenvalue weighted by Crippen LogP contribution is -2.20. The third-order valence-electron chi connectivity index (χ3n) is 6.27. The van der Waals surface area contributed by atoms with Crippen LogP contribution in [0.15, 0.2) is 0 Å². The van der Waals surface area contributed by atoms with E-state index in [1.54, 1.807) is 0 Å². The molecule has 0 saturated carbocycles. The minimum absolute atomic E-state index is 0.907. The molecule has 0 aromatic rings. The van der Waals surface area contributed by atoms with E-state index < -0.39 is 0 Å². The fourth-order valence-electron chi connectivity index (χ4n) is 4.22. The van der Waals surface area contributed by atoms with Crippen molar-refractivity contribution in [2.45, 2.75) is 113 Å². The maximum absolute atomic E-state index is 2.48. The van der Waals surface area contributed by atoms with E-state index in [2.05, 4.69) is 48.5 Å². The van der Waals surface area contributed by atoms with Gasteiger partial charge in [-0.3, -0.25) is 0 Å². The zero-order valence-corrected chi connectivity index (χ0v) is 17.0. The summed E-state index contributed by atoms with van der Waals surface area (Å²) < 4.78 is 0. The van der Waals surface area contributed by atoms with E-state index in [1.807, 2.05) is 0 Å². The maximum Gasteiger partial charge on any atom is -0.0383 e. The van der Waals surface area contributed by atoms with Crippen LogP contribution in [0, 0.1) is 29.6 Å². The molecular weight excluding hydrogens is 264 g/mol. The fraction of sp³-hybridized carbons (Fsp3) is 1.00. The van der Waals surface area contributed by atoms with Crippen molar-refractivity contribution in [1.82, 2.24) is 0 Å². The Morgan fingerprint density at radius 1 is 0.545 bits per heavy atom. The van der Waals surface area contributed by atoms with Gasteiger partial charge in [-0.05, 0) is 48.9 Å². The Hall–Kier alpha value is 0. The van der Waals surface area contributed by atoms with Crippen molar-refractivity contribution in [2.24, 2.45) is 29.6 Å². The Morgan fingerprint density at radius 3 is 1.55 bits per heavy atom. The molecule has 0 aromatic heterocycles. The number of hydrogen-bond donors (Lipinski definition) is 0. The first-order valence-corrected chi connectivity index (χ1v) is 10.5. The lowest BCUT2D eigenvalue weighted by molar-refractivity contribution is 0.200. The van der Waals surface area contributed by atoms with Crippen LogP contribution in [0.1, 0.15) is 113 Å². The summed E-state index contributed by atoms with van der Waals surface area (Å²) in [4.78, 5) is 0. The van der Waals surface area contributed by atoms with Gasteiger partial charge >= 0.3 is 0 Å². The van der Waals surface area contributed by atoms with Crippen molar-refractivity contribution in [3.05, 3.63) is 0 Å². The lowest BCUT2D eigenvalue weighted by atomic mass is 9.75. The quantitative estimate of drug-likeness (QED) is 0.304. The highest BCUT2D eigenvalue weighted by Crippen LogP contribution is 2.35. The molecule has 5 atom stereocenters. The average molecular weight is 311 g/mol. The van der Waals surface area contributed by atoms with E-state index in [0.29, 0.717) is 0 Å². The molecule has 0 aliphatic carbocycles. The summed E-state index contributed by atoms with van der Waals surface area (Å²) in [6, 6.07) is 0. The van der Waals surface area contributed by atoms with Gasteiger partial charge in [0.2, 0.25) is 0 Å². The SMILES string of the molecule is CCCC(CCC(CC(C)CC)C(CC)CCC)C(C)CC. The maximum atomic E-state index is 2.48. The Morgan fingerprint density at radius 2 is 1.09 bits per heavy atom. The van der Waals surface area contributed by atoms with E-state index in [-0.39, 0.29) is 0 Å². The third kappa shape index (κ3) is 8.59. The first kappa shape index (κ1) is 22.0. The van der Waals surface area contributed by atoms with Crippen LogP contribution in [-0.2, 0) is 0 Å².